The van der Waals surface area contributed by atoms with E-state index in [2.05, 4.69) is 27.4 Å². The summed E-state index contributed by atoms with van der Waals surface area (Å²) in [4.78, 5) is 28.1. The van der Waals surface area contributed by atoms with Crippen LogP contribution >= 0.6 is 0 Å². The van der Waals surface area contributed by atoms with Crippen molar-refractivity contribution in [2.24, 2.45) is 0 Å². The van der Waals surface area contributed by atoms with E-state index in [0.29, 0.717) is 5.69 Å². The lowest BCUT2D eigenvalue weighted by Crippen LogP contribution is -2.20. The van der Waals surface area contributed by atoms with Crippen LogP contribution in [0.1, 0.15) is 53.9 Å². The molecule has 25 heavy (non-hydrogen) atoms. The third-order valence-corrected chi connectivity index (χ3v) is 3.99. The number of aromatic amines is 1. The van der Waals surface area contributed by atoms with Crippen molar-refractivity contribution in [3.05, 3.63) is 39.6 Å². The van der Waals surface area contributed by atoms with Gasteiger partial charge in [-0.1, -0.05) is 12.8 Å². The lowest BCUT2D eigenvalue weighted by Gasteiger charge is -2.06. The Kier molecular flexibility index (Phi) is 6.51. The second kappa shape index (κ2) is 8.61. The smallest absolute Gasteiger partial charge is 0.281 e. The fourth-order valence-corrected chi connectivity index (χ4v) is 2.73. The number of rotatable bonds is 4. The van der Waals surface area contributed by atoms with E-state index in [4.69, 9.17) is 0 Å². The predicted molar refractivity (Wildman–Crippen MR) is 88.4 cm³/mol. The quantitative estimate of drug-likeness (QED) is 0.822. The van der Waals surface area contributed by atoms with Gasteiger partial charge < -0.3 is 5.32 Å². The minimum atomic E-state index is -2.90. The van der Waals surface area contributed by atoms with Crippen molar-refractivity contribution >= 4 is 6.29 Å². The number of carbonyl (C=O) groups is 1. The van der Waals surface area contributed by atoms with Gasteiger partial charge in [0.2, 0.25) is 5.95 Å². The maximum Gasteiger partial charge on any atom is 0.281 e. The summed E-state index contributed by atoms with van der Waals surface area (Å²) < 4.78 is 26.5. The van der Waals surface area contributed by atoms with Crippen LogP contribution in [0, 0.1) is 6.92 Å². The lowest BCUT2D eigenvalue weighted by atomic mass is 10.3. The van der Waals surface area contributed by atoms with Gasteiger partial charge in [-0.3, -0.25) is 14.6 Å². The van der Waals surface area contributed by atoms with Crippen LogP contribution in [0.25, 0.3) is 5.95 Å². The first-order valence-electron chi connectivity index (χ1n) is 8.03. The van der Waals surface area contributed by atoms with Crippen molar-refractivity contribution in [3.8, 4) is 5.95 Å². The number of aldehydes is 1. The molecule has 9 heteroatoms. The summed E-state index contributed by atoms with van der Waals surface area (Å²) in [6.07, 6.45) is 4.04. The highest BCUT2D eigenvalue weighted by molar-refractivity contribution is 5.76. The number of carbonyl (C=O) groups excluding carboxylic acids is 1. The molecule has 1 fully saturated rings. The topological polar surface area (TPSA) is 92.7 Å². The Morgan fingerprint density at radius 2 is 2.08 bits per heavy atom. The molecule has 1 aliphatic carbocycles. The maximum atomic E-state index is 12.9. The molecule has 0 radical (unpaired) electrons. The Bertz CT molecular complexity index is 766. The Hall–Kier alpha value is -2.42. The summed E-state index contributed by atoms with van der Waals surface area (Å²) in [6.45, 7) is 1.55. The summed E-state index contributed by atoms with van der Waals surface area (Å²) in [5.74, 6) is -0.150. The summed E-state index contributed by atoms with van der Waals surface area (Å²) in [5.41, 5.74) is -0.967. The van der Waals surface area contributed by atoms with Crippen molar-refractivity contribution in [1.82, 2.24) is 25.1 Å². The number of aryl methyl sites for hydroxylation is 1. The molecule has 0 saturated heterocycles. The molecule has 2 aromatic heterocycles. The maximum absolute atomic E-state index is 12.9. The van der Waals surface area contributed by atoms with Crippen LogP contribution in [0.2, 0.25) is 0 Å². The number of hydrogen-bond donors (Lipinski definition) is 2. The van der Waals surface area contributed by atoms with Gasteiger partial charge in [0.15, 0.2) is 6.29 Å². The van der Waals surface area contributed by atoms with E-state index in [1.54, 1.807) is 6.92 Å². The van der Waals surface area contributed by atoms with Crippen LogP contribution < -0.4 is 10.9 Å². The minimum Gasteiger partial charge on any atom is -0.317 e. The van der Waals surface area contributed by atoms with E-state index >= 15 is 0 Å². The number of H-pyrrole nitrogens is 1. The molecule has 2 N–H and O–H groups in total. The van der Waals surface area contributed by atoms with Gasteiger partial charge in [0.05, 0.1) is 11.8 Å². The summed E-state index contributed by atoms with van der Waals surface area (Å²) in [6, 6.07) is 2.07. The minimum absolute atomic E-state index is 0.150. The lowest BCUT2D eigenvalue weighted by molar-refractivity contribution is 0.110. The average molecular weight is 353 g/mol. The summed E-state index contributed by atoms with van der Waals surface area (Å²) in [5, 5.41) is 6.90. The molecule has 0 amide bonds. The number of nitrogens with one attached hydrogen (secondary N) is 2. The van der Waals surface area contributed by atoms with Gasteiger partial charge in [-0.25, -0.2) is 13.8 Å². The molecule has 0 aliphatic heterocycles. The highest BCUT2D eigenvalue weighted by Gasteiger charge is 2.21. The molecular weight excluding hydrogens is 332 g/mol. The second-order valence-electron chi connectivity index (χ2n) is 5.80. The zero-order chi connectivity index (χ0) is 18.4. The van der Waals surface area contributed by atoms with E-state index in [0.717, 1.165) is 16.9 Å². The molecule has 1 aliphatic rings. The molecule has 0 bridgehead atoms. The van der Waals surface area contributed by atoms with Crippen LogP contribution in [0.5, 0.6) is 0 Å². The Morgan fingerprint density at radius 3 is 2.56 bits per heavy atom. The molecule has 0 atom stereocenters. The molecule has 0 spiro atoms. The summed E-state index contributed by atoms with van der Waals surface area (Å²) in [7, 11) is 2.05. The number of nitrogens with zero attached hydrogens (tertiary/aromatic N) is 3. The number of halogens is 2. The van der Waals surface area contributed by atoms with Crippen molar-refractivity contribution < 1.29 is 13.6 Å². The van der Waals surface area contributed by atoms with Crippen molar-refractivity contribution in [3.63, 3.8) is 0 Å². The van der Waals surface area contributed by atoms with Gasteiger partial charge in [0, 0.05) is 17.8 Å². The number of alkyl halides is 2. The fourth-order valence-electron chi connectivity index (χ4n) is 2.73. The van der Waals surface area contributed by atoms with Crippen LogP contribution in [0.3, 0.4) is 0 Å². The van der Waals surface area contributed by atoms with Crippen LogP contribution in [0.15, 0.2) is 17.1 Å². The van der Waals surface area contributed by atoms with Gasteiger partial charge >= 0.3 is 0 Å². The first-order valence-corrected chi connectivity index (χ1v) is 8.03. The van der Waals surface area contributed by atoms with Crippen LogP contribution in [-0.4, -0.2) is 39.1 Å². The van der Waals surface area contributed by atoms with Crippen molar-refractivity contribution in [1.29, 1.82) is 0 Å². The van der Waals surface area contributed by atoms with E-state index in [9.17, 15) is 18.4 Å². The standard InChI is InChI=1S/C10H8F2N4O2.C6H13N/c1-5-2-7(18)15-10(14-5)16-8(9(11)12)6(4-17)3-13-16;1-7-6-4-2-3-5-6/h2-4,9H,1H3,(H,14,15,18);6-7H,2-5H2,1H3. The van der Waals surface area contributed by atoms with Crippen molar-refractivity contribution in [2.75, 3.05) is 7.05 Å². The molecule has 2 aromatic rings. The second-order valence-corrected chi connectivity index (χ2v) is 5.80. The predicted octanol–water partition coefficient (Wildman–Crippen LogP) is 2.16. The molecule has 136 valence electrons. The van der Waals surface area contributed by atoms with Crippen molar-refractivity contribution in [2.45, 2.75) is 45.1 Å². The van der Waals surface area contributed by atoms with Crippen LogP contribution in [-0.2, 0) is 0 Å². The SMILES string of the molecule is CNC1CCCC1.Cc1cc(=O)[nH]c(-n2ncc(C=O)c2C(F)F)n1. The molecule has 7 nitrogen and oxygen atoms in total. The molecule has 0 aromatic carbocycles. The largest absolute Gasteiger partial charge is 0.317 e. The zero-order valence-corrected chi connectivity index (χ0v) is 14.1. The van der Waals surface area contributed by atoms with E-state index < -0.39 is 17.7 Å². The molecule has 2 heterocycles. The normalized spacial score (nSPS) is 14.4. The van der Waals surface area contributed by atoms with Gasteiger partial charge in [0.25, 0.3) is 12.0 Å². The Morgan fingerprint density at radius 1 is 1.40 bits per heavy atom. The van der Waals surface area contributed by atoms with Gasteiger partial charge in [0.1, 0.15) is 5.69 Å². The number of aromatic nitrogens is 4. The monoisotopic (exact) mass is 353 g/mol. The van der Waals surface area contributed by atoms with E-state index in [-0.39, 0.29) is 17.8 Å². The highest BCUT2D eigenvalue weighted by Crippen LogP contribution is 2.23. The Balaban J connectivity index is 0.000000269. The fraction of sp³-hybridized carbons (Fsp3) is 0.500. The molecule has 1 saturated carbocycles. The highest BCUT2D eigenvalue weighted by atomic mass is 19.3. The van der Waals surface area contributed by atoms with E-state index in [1.807, 2.05) is 0 Å². The number of hydrogen-bond acceptors (Lipinski definition) is 5. The first kappa shape index (κ1) is 18.9. The molecular formula is C16H21F2N5O2. The molecule has 0 unspecified atom stereocenters. The molecule has 3 rings (SSSR count). The summed E-state index contributed by atoms with van der Waals surface area (Å²) >= 11 is 0. The third kappa shape index (κ3) is 4.79. The van der Waals surface area contributed by atoms with Gasteiger partial charge in [-0.2, -0.15) is 9.78 Å². The van der Waals surface area contributed by atoms with Gasteiger partial charge in [-0.15, -0.1) is 0 Å². The van der Waals surface area contributed by atoms with Crippen LogP contribution in [0.4, 0.5) is 8.78 Å². The van der Waals surface area contributed by atoms with E-state index in [1.165, 1.54) is 31.7 Å². The Labute approximate surface area is 143 Å². The average Bonchev–Trinajstić information content (AvgIpc) is 3.23. The zero-order valence-electron chi connectivity index (χ0n) is 14.1. The van der Waals surface area contributed by atoms with Gasteiger partial charge in [-0.05, 0) is 26.8 Å². The first-order chi connectivity index (χ1) is 12.0. The third-order valence-electron chi connectivity index (χ3n) is 3.99.